The number of alkyl halides is 3. The lowest BCUT2D eigenvalue weighted by molar-refractivity contribution is -0.119. The van der Waals surface area contributed by atoms with Crippen LogP contribution in [0.1, 0.15) is 19.3 Å². The van der Waals surface area contributed by atoms with Crippen LogP contribution >= 0.6 is 11.8 Å². The molecule has 0 radical (unpaired) electrons. The van der Waals surface area contributed by atoms with Crippen molar-refractivity contribution in [1.82, 2.24) is 0 Å². The monoisotopic (exact) mass is 318 g/mol. The molecular weight excluding hydrogens is 301 g/mol. The zero-order valence-electron chi connectivity index (χ0n) is 11.3. The van der Waals surface area contributed by atoms with E-state index in [2.05, 4.69) is 5.32 Å². The van der Waals surface area contributed by atoms with Crippen molar-refractivity contribution < 1.29 is 18.0 Å². The van der Waals surface area contributed by atoms with Gasteiger partial charge < -0.3 is 11.1 Å². The predicted octanol–water partition coefficient (Wildman–Crippen LogP) is 3.41. The molecule has 0 heterocycles. The minimum absolute atomic E-state index is 0.0376. The molecule has 7 heteroatoms. The molecule has 0 saturated heterocycles. The lowest BCUT2D eigenvalue weighted by Crippen LogP contribution is -2.23. The molecule has 3 N–H and O–H groups in total. The molecule has 2 atom stereocenters. The second kappa shape index (κ2) is 6.70. The van der Waals surface area contributed by atoms with E-state index in [9.17, 15) is 18.0 Å². The summed E-state index contributed by atoms with van der Waals surface area (Å²) in [6, 6.07) is 6.57. The van der Waals surface area contributed by atoms with Gasteiger partial charge in [-0.15, -0.1) is 11.8 Å². The van der Waals surface area contributed by atoms with Gasteiger partial charge in [0.25, 0.3) is 0 Å². The molecule has 1 fully saturated rings. The number of nitrogens with two attached hydrogens (primary N) is 1. The van der Waals surface area contributed by atoms with Gasteiger partial charge in [-0.3, -0.25) is 4.79 Å². The number of anilines is 1. The average molecular weight is 318 g/mol. The first kappa shape index (κ1) is 16.2. The van der Waals surface area contributed by atoms with Crippen LogP contribution in [0.25, 0.3) is 0 Å². The second-order valence-corrected chi connectivity index (χ2v) is 6.18. The first-order valence-electron chi connectivity index (χ1n) is 6.70. The molecule has 1 aromatic rings. The fraction of sp³-hybridized carbons (Fsp3) is 0.500. The Labute approximate surface area is 125 Å². The molecular formula is C14H17F3N2OS. The maximum atomic E-state index is 12.3. The number of rotatable bonds is 4. The van der Waals surface area contributed by atoms with Gasteiger partial charge in [-0.1, -0.05) is 12.1 Å². The van der Waals surface area contributed by atoms with Gasteiger partial charge in [-0.2, -0.15) is 13.2 Å². The van der Waals surface area contributed by atoms with Gasteiger partial charge >= 0.3 is 6.18 Å². The predicted molar refractivity (Wildman–Crippen MR) is 77.2 cm³/mol. The second-order valence-electron chi connectivity index (χ2n) is 5.16. The highest BCUT2D eigenvalue weighted by Crippen LogP contribution is 2.33. The maximum absolute atomic E-state index is 12.3. The average Bonchev–Trinajstić information content (AvgIpc) is 2.83. The van der Waals surface area contributed by atoms with E-state index in [-0.39, 0.29) is 17.9 Å². The Morgan fingerprint density at radius 1 is 1.33 bits per heavy atom. The molecule has 0 aromatic heterocycles. The summed E-state index contributed by atoms with van der Waals surface area (Å²) >= 11 is 0.675. The van der Waals surface area contributed by atoms with Crippen LogP contribution in [0.5, 0.6) is 0 Å². The molecule has 0 aliphatic heterocycles. The normalized spacial score (nSPS) is 22.3. The number of carbonyl (C=O) groups is 1. The van der Waals surface area contributed by atoms with E-state index in [1.165, 1.54) is 0 Å². The Morgan fingerprint density at radius 2 is 2.05 bits per heavy atom. The van der Waals surface area contributed by atoms with Crippen LogP contribution in [0.2, 0.25) is 0 Å². The number of benzene rings is 1. The molecule has 0 bridgehead atoms. The number of para-hydroxylation sites is 1. The Balaban J connectivity index is 2.01. The fourth-order valence-electron chi connectivity index (χ4n) is 2.34. The molecule has 2 unspecified atom stereocenters. The van der Waals surface area contributed by atoms with Crippen molar-refractivity contribution in [3.05, 3.63) is 24.3 Å². The standard InChI is InChI=1S/C14H17F3N2OS/c15-14(16,17)8-21-12-4-2-1-3-11(12)19-13(20)9-5-6-10(18)7-9/h1-4,9-10H,5-8,18H2,(H,19,20). The summed E-state index contributed by atoms with van der Waals surface area (Å²) in [5.74, 6) is -1.29. The first-order chi connectivity index (χ1) is 9.85. The summed E-state index contributed by atoms with van der Waals surface area (Å²) < 4.78 is 36.9. The maximum Gasteiger partial charge on any atom is 0.398 e. The lowest BCUT2D eigenvalue weighted by Gasteiger charge is -2.14. The molecule has 1 aromatic carbocycles. The Kier molecular flexibility index (Phi) is 5.16. The third kappa shape index (κ3) is 4.93. The van der Waals surface area contributed by atoms with Crippen LogP contribution < -0.4 is 11.1 Å². The lowest BCUT2D eigenvalue weighted by atomic mass is 10.1. The Hall–Kier alpha value is -1.21. The van der Waals surface area contributed by atoms with Crippen LogP contribution in [-0.2, 0) is 4.79 Å². The van der Waals surface area contributed by atoms with E-state index in [1.807, 2.05) is 0 Å². The fourth-order valence-corrected chi connectivity index (χ4v) is 3.11. The number of nitrogens with one attached hydrogen (secondary N) is 1. The highest BCUT2D eigenvalue weighted by Gasteiger charge is 2.29. The highest BCUT2D eigenvalue weighted by molar-refractivity contribution is 7.99. The molecule has 3 nitrogen and oxygen atoms in total. The molecule has 1 saturated carbocycles. The topological polar surface area (TPSA) is 55.1 Å². The molecule has 1 aliphatic carbocycles. The summed E-state index contributed by atoms with van der Waals surface area (Å²) in [5, 5.41) is 2.73. The number of hydrogen-bond donors (Lipinski definition) is 2. The van der Waals surface area contributed by atoms with Crippen molar-refractivity contribution in [3.63, 3.8) is 0 Å². The third-order valence-corrected chi connectivity index (χ3v) is 4.52. The Morgan fingerprint density at radius 3 is 2.67 bits per heavy atom. The van der Waals surface area contributed by atoms with Gasteiger partial charge in [0.05, 0.1) is 11.4 Å². The minimum Gasteiger partial charge on any atom is -0.328 e. The molecule has 21 heavy (non-hydrogen) atoms. The van der Waals surface area contributed by atoms with Crippen LogP contribution in [0.3, 0.4) is 0 Å². The van der Waals surface area contributed by atoms with E-state index in [0.717, 1.165) is 12.8 Å². The molecule has 2 rings (SSSR count). The summed E-state index contributed by atoms with van der Waals surface area (Å²) in [7, 11) is 0. The van der Waals surface area contributed by atoms with Gasteiger partial charge in [-0.05, 0) is 31.4 Å². The van der Waals surface area contributed by atoms with Gasteiger partial charge in [0.1, 0.15) is 0 Å². The zero-order chi connectivity index (χ0) is 15.5. The van der Waals surface area contributed by atoms with Crippen LogP contribution in [0.15, 0.2) is 29.2 Å². The van der Waals surface area contributed by atoms with Gasteiger partial charge in [-0.25, -0.2) is 0 Å². The van der Waals surface area contributed by atoms with Gasteiger partial charge in [0, 0.05) is 16.9 Å². The van der Waals surface area contributed by atoms with Crippen molar-refractivity contribution in [2.45, 2.75) is 36.4 Å². The van der Waals surface area contributed by atoms with Crippen LogP contribution in [0.4, 0.5) is 18.9 Å². The molecule has 116 valence electrons. The number of amides is 1. The van der Waals surface area contributed by atoms with E-state index in [4.69, 9.17) is 5.73 Å². The number of carbonyl (C=O) groups excluding carboxylic acids is 1. The summed E-state index contributed by atoms with van der Waals surface area (Å²) in [4.78, 5) is 12.5. The van der Waals surface area contributed by atoms with Crippen molar-refractivity contribution in [1.29, 1.82) is 0 Å². The summed E-state index contributed by atoms with van der Waals surface area (Å²) in [5.41, 5.74) is 6.20. The van der Waals surface area contributed by atoms with Gasteiger partial charge in [0.2, 0.25) is 5.91 Å². The van der Waals surface area contributed by atoms with Crippen molar-refractivity contribution >= 4 is 23.4 Å². The van der Waals surface area contributed by atoms with E-state index in [0.29, 0.717) is 28.8 Å². The van der Waals surface area contributed by atoms with E-state index >= 15 is 0 Å². The smallest absolute Gasteiger partial charge is 0.328 e. The SMILES string of the molecule is NC1CCC(C(=O)Nc2ccccc2SCC(F)(F)F)C1. The Bertz CT molecular complexity index is 507. The zero-order valence-corrected chi connectivity index (χ0v) is 12.1. The largest absolute Gasteiger partial charge is 0.398 e. The minimum atomic E-state index is -4.24. The first-order valence-corrected chi connectivity index (χ1v) is 7.69. The van der Waals surface area contributed by atoms with Crippen LogP contribution in [-0.4, -0.2) is 23.9 Å². The van der Waals surface area contributed by atoms with Crippen molar-refractivity contribution in [2.75, 3.05) is 11.1 Å². The number of halogens is 3. The summed E-state index contributed by atoms with van der Waals surface area (Å²) in [6.45, 7) is 0. The van der Waals surface area contributed by atoms with Crippen molar-refractivity contribution in [2.24, 2.45) is 11.7 Å². The number of thioether (sulfide) groups is 1. The van der Waals surface area contributed by atoms with E-state index < -0.39 is 11.9 Å². The van der Waals surface area contributed by atoms with Crippen LogP contribution in [0, 0.1) is 5.92 Å². The quantitative estimate of drug-likeness (QED) is 0.837. The van der Waals surface area contributed by atoms with E-state index in [1.54, 1.807) is 24.3 Å². The molecule has 1 aliphatic rings. The molecule has 1 amide bonds. The third-order valence-electron chi connectivity index (χ3n) is 3.38. The van der Waals surface area contributed by atoms with Crippen molar-refractivity contribution in [3.8, 4) is 0 Å². The highest BCUT2D eigenvalue weighted by atomic mass is 32.2. The summed E-state index contributed by atoms with van der Waals surface area (Å²) in [6.07, 6.45) is -2.07. The number of hydrogen-bond acceptors (Lipinski definition) is 3. The molecule has 0 spiro atoms. The van der Waals surface area contributed by atoms with Gasteiger partial charge in [0.15, 0.2) is 0 Å².